The van der Waals surface area contributed by atoms with Gasteiger partial charge in [-0.3, -0.25) is 4.90 Å². The van der Waals surface area contributed by atoms with Gasteiger partial charge in [-0.1, -0.05) is 12.1 Å². The van der Waals surface area contributed by atoms with Crippen molar-refractivity contribution in [3.8, 4) is 5.75 Å². The number of hydrogen-bond donors (Lipinski definition) is 1. The summed E-state index contributed by atoms with van der Waals surface area (Å²) in [7, 11) is 1.68. The van der Waals surface area contributed by atoms with E-state index in [2.05, 4.69) is 4.90 Å². The van der Waals surface area contributed by atoms with Crippen LogP contribution in [0.5, 0.6) is 5.75 Å². The van der Waals surface area contributed by atoms with Crippen LogP contribution < -0.4 is 15.4 Å². The summed E-state index contributed by atoms with van der Waals surface area (Å²) in [6.45, 7) is 3.28. The lowest BCUT2D eigenvalue weighted by Gasteiger charge is -2.37. The Labute approximate surface area is 107 Å². The molecule has 1 saturated heterocycles. The molecule has 2 rings (SSSR count). The van der Waals surface area contributed by atoms with E-state index in [1.807, 2.05) is 29.2 Å². The molecule has 1 atom stereocenters. The summed E-state index contributed by atoms with van der Waals surface area (Å²) < 4.78 is 5.36. The van der Waals surface area contributed by atoms with E-state index in [0.717, 1.165) is 43.9 Å². The molecule has 18 heavy (non-hydrogen) atoms. The number of carbonyl (C=O) groups excluding carboxylic acids is 1. The van der Waals surface area contributed by atoms with Gasteiger partial charge < -0.3 is 20.2 Å². The summed E-state index contributed by atoms with van der Waals surface area (Å²) in [5, 5.41) is 0. The maximum Gasteiger partial charge on any atom is 0.151 e. The van der Waals surface area contributed by atoms with Gasteiger partial charge in [0.2, 0.25) is 0 Å². The van der Waals surface area contributed by atoms with Crippen LogP contribution in [-0.4, -0.2) is 50.6 Å². The second kappa shape index (κ2) is 5.84. The summed E-state index contributed by atoms with van der Waals surface area (Å²) in [5.74, 6) is 0.880. The number of ether oxygens (including phenoxy) is 1. The lowest BCUT2D eigenvalue weighted by Crippen LogP contribution is -2.54. The quantitative estimate of drug-likeness (QED) is 0.778. The normalized spacial score (nSPS) is 18.4. The van der Waals surface area contributed by atoms with E-state index in [0.29, 0.717) is 0 Å². The molecule has 1 aliphatic rings. The number of rotatable bonds is 4. The van der Waals surface area contributed by atoms with Crippen LogP contribution in [0.15, 0.2) is 24.3 Å². The fraction of sp³-hybridized carbons (Fsp3) is 0.462. The van der Waals surface area contributed by atoms with E-state index in [9.17, 15) is 4.79 Å². The van der Waals surface area contributed by atoms with Crippen LogP contribution in [0.1, 0.15) is 0 Å². The fourth-order valence-electron chi connectivity index (χ4n) is 2.24. The summed E-state index contributed by atoms with van der Waals surface area (Å²) in [6, 6.07) is 7.97. The Kier molecular flexibility index (Phi) is 4.17. The molecule has 0 spiro atoms. The number of hydrogen-bond acceptors (Lipinski definition) is 5. The summed E-state index contributed by atoms with van der Waals surface area (Å²) >= 11 is 0. The van der Waals surface area contributed by atoms with Gasteiger partial charge in [0.1, 0.15) is 11.9 Å². The number of piperazine rings is 1. The maximum atomic E-state index is 10.7. The molecule has 5 nitrogen and oxygen atoms in total. The molecular formula is C13H19N3O2. The number of para-hydroxylation sites is 2. The van der Waals surface area contributed by atoms with E-state index >= 15 is 0 Å². The Bertz CT molecular complexity index is 403. The number of carbonyl (C=O) groups is 1. The Morgan fingerprint density at radius 1 is 1.28 bits per heavy atom. The minimum atomic E-state index is -0.482. The van der Waals surface area contributed by atoms with Crippen molar-refractivity contribution in [2.24, 2.45) is 5.73 Å². The number of anilines is 1. The summed E-state index contributed by atoms with van der Waals surface area (Å²) in [6.07, 6.45) is 0.309. The second-order valence-electron chi connectivity index (χ2n) is 4.32. The van der Waals surface area contributed by atoms with Crippen LogP contribution in [0.3, 0.4) is 0 Å². The predicted octanol–water partition coefficient (Wildman–Crippen LogP) is 0.301. The van der Waals surface area contributed by atoms with E-state index in [-0.39, 0.29) is 0 Å². The van der Waals surface area contributed by atoms with Gasteiger partial charge in [-0.15, -0.1) is 0 Å². The average molecular weight is 249 g/mol. The summed E-state index contributed by atoms with van der Waals surface area (Å²) in [4.78, 5) is 14.9. The first-order chi connectivity index (χ1) is 8.76. The molecule has 98 valence electrons. The Hall–Kier alpha value is -1.59. The Morgan fingerprint density at radius 2 is 1.94 bits per heavy atom. The average Bonchev–Trinajstić information content (AvgIpc) is 2.46. The molecule has 1 aromatic carbocycles. The van der Waals surface area contributed by atoms with Crippen molar-refractivity contribution in [1.29, 1.82) is 0 Å². The Morgan fingerprint density at radius 3 is 2.56 bits per heavy atom. The molecule has 1 aromatic rings. The molecule has 5 heteroatoms. The molecule has 1 heterocycles. The molecular weight excluding hydrogens is 230 g/mol. The first-order valence-electron chi connectivity index (χ1n) is 6.09. The molecule has 0 radical (unpaired) electrons. The fourth-order valence-corrected chi connectivity index (χ4v) is 2.24. The first-order valence-corrected chi connectivity index (χ1v) is 6.09. The lowest BCUT2D eigenvalue weighted by atomic mass is 10.2. The maximum absolute atomic E-state index is 10.7. The van der Waals surface area contributed by atoms with Crippen LogP contribution in [-0.2, 0) is 4.79 Å². The highest BCUT2D eigenvalue weighted by molar-refractivity contribution is 5.59. The molecule has 0 aromatic heterocycles. The smallest absolute Gasteiger partial charge is 0.151 e. The molecule has 0 amide bonds. The van der Waals surface area contributed by atoms with E-state index < -0.39 is 6.17 Å². The minimum absolute atomic E-state index is 0.482. The van der Waals surface area contributed by atoms with Crippen molar-refractivity contribution >= 4 is 12.0 Å². The number of aldehydes is 1. The standard InChI is InChI=1S/C13H19N3O2/c1-18-12-5-3-2-4-11(12)15-6-8-16(9-7-15)13(14)10-17/h2-5,10,13H,6-9,14H2,1H3. The van der Waals surface area contributed by atoms with Gasteiger partial charge in [-0.2, -0.15) is 0 Å². The Balaban J connectivity index is 2.03. The van der Waals surface area contributed by atoms with Crippen molar-refractivity contribution in [2.75, 3.05) is 38.2 Å². The molecule has 0 bridgehead atoms. The molecule has 1 fully saturated rings. The molecule has 0 saturated carbocycles. The number of nitrogens with zero attached hydrogens (tertiary/aromatic N) is 2. The van der Waals surface area contributed by atoms with Crippen molar-refractivity contribution in [3.63, 3.8) is 0 Å². The second-order valence-corrected chi connectivity index (χ2v) is 4.32. The highest BCUT2D eigenvalue weighted by Gasteiger charge is 2.22. The largest absolute Gasteiger partial charge is 0.495 e. The number of nitrogens with two attached hydrogens (primary N) is 1. The third-order valence-corrected chi connectivity index (χ3v) is 3.30. The zero-order valence-electron chi connectivity index (χ0n) is 10.6. The highest BCUT2D eigenvalue weighted by atomic mass is 16.5. The van der Waals surface area contributed by atoms with Crippen LogP contribution in [0.2, 0.25) is 0 Å². The van der Waals surface area contributed by atoms with Crippen LogP contribution >= 0.6 is 0 Å². The van der Waals surface area contributed by atoms with Gasteiger partial charge in [-0.25, -0.2) is 0 Å². The summed E-state index contributed by atoms with van der Waals surface area (Å²) in [5.41, 5.74) is 6.80. The molecule has 0 aliphatic carbocycles. The predicted molar refractivity (Wildman–Crippen MR) is 70.8 cm³/mol. The van der Waals surface area contributed by atoms with Gasteiger partial charge >= 0.3 is 0 Å². The number of benzene rings is 1. The van der Waals surface area contributed by atoms with E-state index in [1.165, 1.54) is 0 Å². The number of methoxy groups -OCH3 is 1. The van der Waals surface area contributed by atoms with Crippen molar-refractivity contribution < 1.29 is 9.53 Å². The van der Waals surface area contributed by atoms with E-state index in [4.69, 9.17) is 10.5 Å². The van der Waals surface area contributed by atoms with Gasteiger partial charge in [0.05, 0.1) is 12.8 Å². The van der Waals surface area contributed by atoms with Crippen LogP contribution in [0.4, 0.5) is 5.69 Å². The van der Waals surface area contributed by atoms with Gasteiger partial charge in [0, 0.05) is 26.2 Å². The first kappa shape index (κ1) is 12.9. The third-order valence-electron chi connectivity index (χ3n) is 3.30. The highest BCUT2D eigenvalue weighted by Crippen LogP contribution is 2.28. The van der Waals surface area contributed by atoms with Crippen molar-refractivity contribution in [2.45, 2.75) is 6.17 Å². The van der Waals surface area contributed by atoms with Gasteiger partial charge in [0.25, 0.3) is 0 Å². The van der Waals surface area contributed by atoms with Gasteiger partial charge in [0.15, 0.2) is 6.29 Å². The minimum Gasteiger partial charge on any atom is -0.495 e. The van der Waals surface area contributed by atoms with Crippen molar-refractivity contribution in [1.82, 2.24) is 4.90 Å². The van der Waals surface area contributed by atoms with Gasteiger partial charge in [-0.05, 0) is 12.1 Å². The topological polar surface area (TPSA) is 58.8 Å². The zero-order valence-corrected chi connectivity index (χ0v) is 10.6. The SMILES string of the molecule is COc1ccccc1N1CCN(C(N)C=O)CC1. The lowest BCUT2D eigenvalue weighted by molar-refractivity contribution is -0.112. The van der Waals surface area contributed by atoms with Crippen molar-refractivity contribution in [3.05, 3.63) is 24.3 Å². The third kappa shape index (κ3) is 2.63. The van der Waals surface area contributed by atoms with Crippen LogP contribution in [0.25, 0.3) is 0 Å². The van der Waals surface area contributed by atoms with E-state index in [1.54, 1.807) is 7.11 Å². The molecule has 2 N–H and O–H groups in total. The monoisotopic (exact) mass is 249 g/mol. The zero-order chi connectivity index (χ0) is 13.0. The molecule has 1 aliphatic heterocycles. The molecule has 1 unspecified atom stereocenters. The van der Waals surface area contributed by atoms with Crippen LogP contribution in [0, 0.1) is 0 Å².